The summed E-state index contributed by atoms with van der Waals surface area (Å²) < 4.78 is 19.4. The number of hydrogen-bond acceptors (Lipinski definition) is 8. The number of carbonyl (C=O) groups is 4. The Bertz CT molecular complexity index is 622. The number of ether oxygens (including phenoxy) is 4. The lowest BCUT2D eigenvalue weighted by molar-refractivity contribution is -0.156. The average Bonchev–Trinajstić information content (AvgIpc) is 2.50. The molecule has 0 fully saturated rings. The molecule has 0 N–H and O–H groups in total. The number of carbonyl (C=O) groups excluding carboxylic acids is 4. The van der Waals surface area contributed by atoms with Gasteiger partial charge in [-0.2, -0.15) is 0 Å². The van der Waals surface area contributed by atoms with Gasteiger partial charge in [-0.1, -0.05) is 18.2 Å². The van der Waals surface area contributed by atoms with Crippen molar-refractivity contribution in [2.75, 3.05) is 13.4 Å². The van der Waals surface area contributed by atoms with Gasteiger partial charge in [0, 0.05) is 26.3 Å². The van der Waals surface area contributed by atoms with Gasteiger partial charge in [-0.25, -0.2) is 4.79 Å². The van der Waals surface area contributed by atoms with E-state index in [9.17, 15) is 19.2 Å². The Morgan fingerprint density at radius 1 is 0.875 bits per heavy atom. The van der Waals surface area contributed by atoms with Gasteiger partial charge < -0.3 is 18.9 Å². The lowest BCUT2D eigenvalue weighted by Gasteiger charge is -2.19. The quantitative estimate of drug-likeness (QED) is 0.419. The van der Waals surface area contributed by atoms with Crippen LogP contribution in [0, 0.1) is 0 Å². The molecular formula is C16H18O8. The number of rotatable bonds is 7. The van der Waals surface area contributed by atoms with Crippen LogP contribution in [0.5, 0.6) is 0 Å². The SMILES string of the molecule is CC(=O)OCOC(=O)c1ccccc1C(COC(C)=O)OC(C)=O. The fourth-order valence-corrected chi connectivity index (χ4v) is 1.79. The van der Waals surface area contributed by atoms with Crippen LogP contribution in [0.25, 0.3) is 0 Å². The molecular weight excluding hydrogens is 320 g/mol. The van der Waals surface area contributed by atoms with Crippen LogP contribution in [-0.4, -0.2) is 37.3 Å². The van der Waals surface area contributed by atoms with E-state index < -0.39 is 36.8 Å². The molecule has 0 radical (unpaired) electrons. The third kappa shape index (κ3) is 6.47. The highest BCUT2D eigenvalue weighted by molar-refractivity contribution is 5.91. The summed E-state index contributed by atoms with van der Waals surface area (Å²) >= 11 is 0. The molecule has 8 nitrogen and oxygen atoms in total. The predicted molar refractivity (Wildman–Crippen MR) is 79.6 cm³/mol. The Balaban J connectivity index is 2.97. The van der Waals surface area contributed by atoms with Crippen molar-refractivity contribution in [2.45, 2.75) is 26.9 Å². The van der Waals surface area contributed by atoms with E-state index in [0.29, 0.717) is 5.56 Å². The first-order valence-electron chi connectivity index (χ1n) is 7.01. The van der Waals surface area contributed by atoms with Crippen LogP contribution in [-0.2, 0) is 33.3 Å². The highest BCUT2D eigenvalue weighted by Crippen LogP contribution is 2.23. The molecule has 0 amide bonds. The lowest BCUT2D eigenvalue weighted by atomic mass is 10.0. The Hall–Kier alpha value is -2.90. The van der Waals surface area contributed by atoms with Gasteiger partial charge in [0.15, 0.2) is 6.10 Å². The van der Waals surface area contributed by atoms with Crippen LogP contribution in [0.4, 0.5) is 0 Å². The molecule has 130 valence electrons. The van der Waals surface area contributed by atoms with Crippen molar-refractivity contribution in [1.82, 2.24) is 0 Å². The molecule has 1 unspecified atom stereocenters. The van der Waals surface area contributed by atoms with E-state index in [-0.39, 0.29) is 12.2 Å². The van der Waals surface area contributed by atoms with Gasteiger partial charge in [0.2, 0.25) is 6.79 Å². The highest BCUT2D eigenvalue weighted by atomic mass is 16.7. The highest BCUT2D eigenvalue weighted by Gasteiger charge is 2.23. The maximum absolute atomic E-state index is 12.1. The van der Waals surface area contributed by atoms with Crippen molar-refractivity contribution >= 4 is 23.9 Å². The summed E-state index contributed by atoms with van der Waals surface area (Å²) in [5.74, 6) is -2.52. The van der Waals surface area contributed by atoms with Gasteiger partial charge in [0.25, 0.3) is 0 Å². The van der Waals surface area contributed by atoms with Crippen molar-refractivity contribution in [3.63, 3.8) is 0 Å². The van der Waals surface area contributed by atoms with Gasteiger partial charge in [-0.3, -0.25) is 14.4 Å². The normalized spacial score (nSPS) is 11.1. The smallest absolute Gasteiger partial charge is 0.341 e. The first-order valence-corrected chi connectivity index (χ1v) is 7.01. The summed E-state index contributed by atoms with van der Waals surface area (Å²) in [6, 6.07) is 6.21. The van der Waals surface area contributed by atoms with E-state index in [1.165, 1.54) is 26.8 Å². The van der Waals surface area contributed by atoms with Crippen LogP contribution < -0.4 is 0 Å². The molecule has 0 heterocycles. The fourth-order valence-electron chi connectivity index (χ4n) is 1.79. The maximum Gasteiger partial charge on any atom is 0.341 e. The van der Waals surface area contributed by atoms with E-state index in [1.54, 1.807) is 18.2 Å². The van der Waals surface area contributed by atoms with E-state index in [1.807, 2.05) is 0 Å². The van der Waals surface area contributed by atoms with Gasteiger partial charge in [0.1, 0.15) is 6.61 Å². The largest absolute Gasteiger partial charge is 0.462 e. The fraction of sp³-hybridized carbons (Fsp3) is 0.375. The van der Waals surface area contributed by atoms with Gasteiger partial charge >= 0.3 is 23.9 Å². The minimum absolute atomic E-state index is 0.100. The predicted octanol–water partition coefficient (Wildman–Crippen LogP) is 1.53. The molecule has 0 saturated heterocycles. The topological polar surface area (TPSA) is 105 Å². The van der Waals surface area contributed by atoms with Crippen LogP contribution in [0.2, 0.25) is 0 Å². The minimum Gasteiger partial charge on any atom is -0.462 e. The van der Waals surface area contributed by atoms with Gasteiger partial charge in [-0.15, -0.1) is 0 Å². The second-order valence-electron chi connectivity index (χ2n) is 4.67. The Morgan fingerprint density at radius 2 is 1.50 bits per heavy atom. The van der Waals surface area contributed by atoms with Crippen molar-refractivity contribution in [3.05, 3.63) is 35.4 Å². The molecule has 1 atom stereocenters. The van der Waals surface area contributed by atoms with Crippen LogP contribution >= 0.6 is 0 Å². The molecule has 1 aromatic carbocycles. The van der Waals surface area contributed by atoms with E-state index in [4.69, 9.17) is 14.2 Å². The van der Waals surface area contributed by atoms with Crippen LogP contribution in [0.15, 0.2) is 24.3 Å². The molecule has 8 heteroatoms. The van der Waals surface area contributed by atoms with E-state index in [2.05, 4.69) is 4.74 Å². The summed E-state index contributed by atoms with van der Waals surface area (Å²) in [7, 11) is 0. The molecule has 0 aliphatic carbocycles. The number of esters is 4. The third-order valence-electron chi connectivity index (χ3n) is 2.73. The molecule has 0 aliphatic heterocycles. The Kier molecular flexibility index (Phi) is 7.41. The molecule has 0 spiro atoms. The summed E-state index contributed by atoms with van der Waals surface area (Å²) in [6.07, 6.45) is -0.969. The van der Waals surface area contributed by atoms with Gasteiger partial charge in [0.05, 0.1) is 5.56 Å². The zero-order chi connectivity index (χ0) is 18.1. The van der Waals surface area contributed by atoms with Crippen LogP contribution in [0.1, 0.15) is 42.8 Å². The van der Waals surface area contributed by atoms with E-state index >= 15 is 0 Å². The van der Waals surface area contributed by atoms with E-state index in [0.717, 1.165) is 0 Å². The summed E-state index contributed by atoms with van der Waals surface area (Å²) in [4.78, 5) is 45.1. The Morgan fingerprint density at radius 3 is 2.08 bits per heavy atom. The monoisotopic (exact) mass is 338 g/mol. The van der Waals surface area contributed by atoms with Gasteiger partial charge in [-0.05, 0) is 6.07 Å². The molecule has 1 aromatic rings. The van der Waals surface area contributed by atoms with Crippen LogP contribution in [0.3, 0.4) is 0 Å². The minimum atomic E-state index is -0.969. The standard InChI is InChI=1S/C16H18O8/c1-10(17)21-8-15(24-12(3)19)13-6-4-5-7-14(13)16(20)23-9-22-11(2)18/h4-7,15H,8-9H2,1-3H3. The van der Waals surface area contributed by atoms with Crippen molar-refractivity contribution < 1.29 is 38.1 Å². The number of hydrogen-bond donors (Lipinski definition) is 0. The first kappa shape index (κ1) is 19.1. The second-order valence-corrected chi connectivity index (χ2v) is 4.67. The summed E-state index contributed by atoms with van der Waals surface area (Å²) in [5.41, 5.74) is 0.407. The van der Waals surface area contributed by atoms with Crippen molar-refractivity contribution in [2.24, 2.45) is 0 Å². The summed E-state index contributed by atoms with van der Waals surface area (Å²) in [5, 5.41) is 0. The maximum atomic E-state index is 12.1. The van der Waals surface area contributed by atoms with Crippen molar-refractivity contribution in [1.29, 1.82) is 0 Å². The second kappa shape index (κ2) is 9.29. The molecule has 0 saturated carbocycles. The zero-order valence-corrected chi connectivity index (χ0v) is 13.6. The molecule has 0 aliphatic rings. The zero-order valence-electron chi connectivity index (χ0n) is 13.6. The average molecular weight is 338 g/mol. The van der Waals surface area contributed by atoms with Crippen molar-refractivity contribution in [3.8, 4) is 0 Å². The third-order valence-corrected chi connectivity index (χ3v) is 2.73. The summed E-state index contributed by atoms with van der Waals surface area (Å²) in [6.45, 7) is 2.80. The first-order chi connectivity index (χ1) is 11.3. The molecule has 0 bridgehead atoms. The Labute approximate surface area is 138 Å². The lowest BCUT2D eigenvalue weighted by Crippen LogP contribution is -2.20. The number of benzene rings is 1. The molecule has 1 rings (SSSR count). The molecule has 0 aromatic heterocycles. The molecule has 24 heavy (non-hydrogen) atoms.